The maximum absolute atomic E-state index is 12.6. The standard InChI is InChI=1S/C20H33N5O3/c1-5-10-28-17-7-6-14(11-16(17)24-19(27)25-20(2,3)4)18(26)23-13-15-12-21-8-9-22-15/h8-9,12,14,16-17H,5-7,10-11,13H2,1-4H3,(H,23,26)(H2,24,25,27)/t14-,16+,17+/m0/s1. The molecular formula is C20H33N5O3. The first-order chi connectivity index (χ1) is 13.3. The highest BCUT2D eigenvalue weighted by Gasteiger charge is 2.35. The molecule has 1 saturated carbocycles. The van der Waals surface area contributed by atoms with E-state index in [0.717, 1.165) is 25.0 Å². The Morgan fingerprint density at radius 3 is 2.68 bits per heavy atom. The first-order valence-electron chi connectivity index (χ1n) is 10.0. The van der Waals surface area contributed by atoms with Crippen molar-refractivity contribution in [3.05, 3.63) is 24.3 Å². The zero-order chi connectivity index (χ0) is 20.6. The number of carbonyl (C=O) groups excluding carboxylic acids is 2. The highest BCUT2D eigenvalue weighted by molar-refractivity contribution is 5.79. The zero-order valence-corrected chi connectivity index (χ0v) is 17.3. The van der Waals surface area contributed by atoms with Crippen LogP contribution in [-0.4, -0.2) is 46.2 Å². The average molecular weight is 392 g/mol. The molecule has 156 valence electrons. The number of amides is 3. The van der Waals surface area contributed by atoms with Crippen molar-refractivity contribution in [1.29, 1.82) is 0 Å². The Bertz CT molecular complexity index is 632. The molecule has 8 heteroatoms. The minimum atomic E-state index is -0.327. The lowest BCUT2D eigenvalue weighted by Crippen LogP contribution is -2.55. The molecule has 1 heterocycles. The maximum atomic E-state index is 12.6. The van der Waals surface area contributed by atoms with Crippen molar-refractivity contribution in [2.24, 2.45) is 5.92 Å². The van der Waals surface area contributed by atoms with Crippen molar-refractivity contribution in [3.8, 4) is 0 Å². The second-order valence-corrected chi connectivity index (χ2v) is 8.29. The highest BCUT2D eigenvalue weighted by Crippen LogP contribution is 2.27. The van der Waals surface area contributed by atoms with E-state index in [4.69, 9.17) is 4.74 Å². The summed E-state index contributed by atoms with van der Waals surface area (Å²) in [6.45, 7) is 8.85. The van der Waals surface area contributed by atoms with Gasteiger partial charge in [-0.3, -0.25) is 14.8 Å². The molecule has 1 aromatic heterocycles. The lowest BCUT2D eigenvalue weighted by molar-refractivity contribution is -0.127. The van der Waals surface area contributed by atoms with E-state index in [2.05, 4.69) is 32.8 Å². The summed E-state index contributed by atoms with van der Waals surface area (Å²) >= 11 is 0. The number of hydrogen-bond acceptors (Lipinski definition) is 5. The number of hydrogen-bond donors (Lipinski definition) is 3. The molecule has 1 aliphatic carbocycles. The topological polar surface area (TPSA) is 105 Å². The van der Waals surface area contributed by atoms with Crippen LogP contribution >= 0.6 is 0 Å². The van der Waals surface area contributed by atoms with Crippen LogP contribution in [0.1, 0.15) is 59.1 Å². The molecule has 3 atom stereocenters. The van der Waals surface area contributed by atoms with Gasteiger partial charge in [0.2, 0.25) is 5.91 Å². The number of rotatable bonds is 7. The summed E-state index contributed by atoms with van der Waals surface area (Å²) in [6, 6.07) is -0.432. The van der Waals surface area contributed by atoms with Crippen LogP contribution < -0.4 is 16.0 Å². The number of nitrogens with one attached hydrogen (secondary N) is 3. The maximum Gasteiger partial charge on any atom is 0.315 e. The van der Waals surface area contributed by atoms with Crippen molar-refractivity contribution < 1.29 is 14.3 Å². The van der Waals surface area contributed by atoms with Gasteiger partial charge in [-0.25, -0.2) is 4.79 Å². The zero-order valence-electron chi connectivity index (χ0n) is 17.3. The van der Waals surface area contributed by atoms with E-state index < -0.39 is 0 Å². The third-order valence-electron chi connectivity index (χ3n) is 4.56. The van der Waals surface area contributed by atoms with Gasteiger partial charge in [0, 0.05) is 30.5 Å². The molecule has 1 aliphatic rings. The fraction of sp³-hybridized carbons (Fsp3) is 0.700. The van der Waals surface area contributed by atoms with Gasteiger partial charge in [-0.15, -0.1) is 0 Å². The van der Waals surface area contributed by atoms with Crippen LogP contribution in [0.15, 0.2) is 18.6 Å². The second kappa shape index (κ2) is 10.4. The minimum absolute atomic E-state index is 0.0253. The van der Waals surface area contributed by atoms with E-state index in [9.17, 15) is 9.59 Å². The summed E-state index contributed by atoms with van der Waals surface area (Å²) in [5, 5.41) is 8.86. The lowest BCUT2D eigenvalue weighted by atomic mass is 9.83. The fourth-order valence-electron chi connectivity index (χ4n) is 3.29. The predicted octanol–water partition coefficient (Wildman–Crippen LogP) is 2.15. The monoisotopic (exact) mass is 391 g/mol. The summed E-state index contributed by atoms with van der Waals surface area (Å²) in [7, 11) is 0. The molecule has 3 N–H and O–H groups in total. The molecule has 0 bridgehead atoms. The third-order valence-corrected chi connectivity index (χ3v) is 4.56. The molecular weight excluding hydrogens is 358 g/mol. The van der Waals surface area contributed by atoms with Gasteiger partial charge in [0.15, 0.2) is 0 Å². The van der Waals surface area contributed by atoms with E-state index in [1.165, 1.54) is 0 Å². The van der Waals surface area contributed by atoms with Crippen molar-refractivity contribution in [2.75, 3.05) is 6.61 Å². The van der Waals surface area contributed by atoms with Crippen molar-refractivity contribution >= 4 is 11.9 Å². The molecule has 0 spiro atoms. The molecule has 0 unspecified atom stereocenters. The summed E-state index contributed by atoms with van der Waals surface area (Å²) in [6.07, 6.45) is 7.71. The number of nitrogens with zero attached hydrogens (tertiary/aromatic N) is 2. The largest absolute Gasteiger partial charge is 0.376 e. The highest BCUT2D eigenvalue weighted by atomic mass is 16.5. The van der Waals surface area contributed by atoms with Crippen LogP contribution in [0.4, 0.5) is 4.79 Å². The van der Waals surface area contributed by atoms with Gasteiger partial charge in [0.1, 0.15) is 0 Å². The molecule has 3 amide bonds. The Morgan fingerprint density at radius 1 is 1.25 bits per heavy atom. The van der Waals surface area contributed by atoms with Gasteiger partial charge in [-0.05, 0) is 46.5 Å². The van der Waals surface area contributed by atoms with Crippen molar-refractivity contribution in [2.45, 2.75) is 77.6 Å². The normalized spacial score (nSPS) is 22.4. The fourth-order valence-corrected chi connectivity index (χ4v) is 3.29. The Balaban J connectivity index is 1.94. The smallest absolute Gasteiger partial charge is 0.315 e. The van der Waals surface area contributed by atoms with Crippen LogP contribution in [0, 0.1) is 5.92 Å². The van der Waals surface area contributed by atoms with Crippen molar-refractivity contribution in [1.82, 2.24) is 25.9 Å². The Morgan fingerprint density at radius 2 is 2.04 bits per heavy atom. The van der Waals surface area contributed by atoms with Gasteiger partial charge in [0.05, 0.1) is 30.6 Å². The van der Waals surface area contributed by atoms with E-state index in [0.29, 0.717) is 19.6 Å². The lowest BCUT2D eigenvalue weighted by Gasteiger charge is -2.36. The number of ether oxygens (including phenoxy) is 1. The van der Waals surface area contributed by atoms with Gasteiger partial charge in [0.25, 0.3) is 0 Å². The Hall–Kier alpha value is -2.22. The number of aromatic nitrogens is 2. The molecule has 28 heavy (non-hydrogen) atoms. The summed E-state index contributed by atoms with van der Waals surface area (Å²) in [4.78, 5) is 33.1. The van der Waals surface area contributed by atoms with E-state index in [-0.39, 0.29) is 35.5 Å². The minimum Gasteiger partial charge on any atom is -0.376 e. The van der Waals surface area contributed by atoms with Crippen molar-refractivity contribution in [3.63, 3.8) is 0 Å². The summed E-state index contributed by atoms with van der Waals surface area (Å²) < 4.78 is 5.94. The van der Waals surface area contributed by atoms with Crippen LogP contribution in [-0.2, 0) is 16.1 Å². The molecule has 0 radical (unpaired) electrons. The molecule has 0 saturated heterocycles. The number of urea groups is 1. The third kappa shape index (κ3) is 7.42. The Labute approximate surface area is 167 Å². The van der Waals surface area contributed by atoms with Crippen LogP contribution in [0.2, 0.25) is 0 Å². The van der Waals surface area contributed by atoms with E-state index in [1.54, 1.807) is 18.6 Å². The van der Waals surface area contributed by atoms with E-state index >= 15 is 0 Å². The molecule has 0 aliphatic heterocycles. The summed E-state index contributed by atoms with van der Waals surface area (Å²) in [5.41, 5.74) is 0.390. The predicted molar refractivity (Wildman–Crippen MR) is 106 cm³/mol. The van der Waals surface area contributed by atoms with Crippen LogP contribution in [0.25, 0.3) is 0 Å². The summed E-state index contributed by atoms with van der Waals surface area (Å²) in [5.74, 6) is -0.194. The molecule has 2 rings (SSSR count). The van der Waals surface area contributed by atoms with Gasteiger partial charge in [-0.1, -0.05) is 6.92 Å². The Kier molecular flexibility index (Phi) is 8.17. The van der Waals surface area contributed by atoms with E-state index in [1.807, 2.05) is 20.8 Å². The van der Waals surface area contributed by atoms with Crippen LogP contribution in [0.5, 0.6) is 0 Å². The molecule has 8 nitrogen and oxygen atoms in total. The first kappa shape index (κ1) is 22.1. The number of carbonyl (C=O) groups is 2. The quantitative estimate of drug-likeness (QED) is 0.660. The molecule has 1 fully saturated rings. The van der Waals surface area contributed by atoms with Gasteiger partial charge < -0.3 is 20.7 Å². The molecule has 0 aromatic carbocycles. The van der Waals surface area contributed by atoms with Crippen LogP contribution in [0.3, 0.4) is 0 Å². The SMILES string of the molecule is CCCO[C@@H]1CC[C@H](C(=O)NCc2cnccn2)C[C@H]1NC(=O)NC(C)(C)C. The molecule has 1 aromatic rings. The second-order valence-electron chi connectivity index (χ2n) is 8.29. The first-order valence-corrected chi connectivity index (χ1v) is 10.0. The van der Waals surface area contributed by atoms with Gasteiger partial charge in [-0.2, -0.15) is 0 Å². The average Bonchev–Trinajstić information content (AvgIpc) is 2.64. The van der Waals surface area contributed by atoms with Gasteiger partial charge >= 0.3 is 6.03 Å².